The second-order valence-corrected chi connectivity index (χ2v) is 5.73. The molecule has 0 saturated carbocycles. The molecule has 2 rings (SSSR count). The fourth-order valence-corrected chi connectivity index (χ4v) is 3.11. The van der Waals surface area contributed by atoms with Gasteiger partial charge in [-0.2, -0.15) is 0 Å². The van der Waals surface area contributed by atoms with Gasteiger partial charge in [-0.25, -0.2) is 0 Å². The van der Waals surface area contributed by atoms with Gasteiger partial charge in [0.15, 0.2) is 0 Å². The number of carbonyl (C=O) groups is 2. The summed E-state index contributed by atoms with van der Waals surface area (Å²) in [7, 11) is 0. The van der Waals surface area contributed by atoms with Gasteiger partial charge in [0.05, 0.1) is 6.04 Å². The van der Waals surface area contributed by atoms with Crippen LogP contribution in [0.5, 0.6) is 0 Å². The molecule has 2 aliphatic rings. The van der Waals surface area contributed by atoms with Gasteiger partial charge < -0.3 is 15.3 Å². The van der Waals surface area contributed by atoms with Crippen molar-refractivity contribution in [2.45, 2.75) is 51.0 Å². The van der Waals surface area contributed by atoms with Gasteiger partial charge in [0.2, 0.25) is 5.91 Å². The predicted octanol–water partition coefficient (Wildman–Crippen LogP) is 1.23. The largest absolute Gasteiger partial charge is 0.481 e. The quantitative estimate of drug-likeness (QED) is 0.804. The Morgan fingerprint density at radius 1 is 1.21 bits per heavy atom. The maximum atomic E-state index is 12.4. The summed E-state index contributed by atoms with van der Waals surface area (Å²) in [5, 5.41) is 12.0. The lowest BCUT2D eigenvalue weighted by Gasteiger charge is -2.36. The molecule has 0 bridgehead atoms. The Bertz CT molecular complexity index is 327. The molecule has 0 aromatic heterocycles. The van der Waals surface area contributed by atoms with E-state index in [-0.39, 0.29) is 18.4 Å². The van der Waals surface area contributed by atoms with E-state index in [1.54, 1.807) is 0 Å². The van der Waals surface area contributed by atoms with Gasteiger partial charge in [0.25, 0.3) is 0 Å². The molecular weight excluding hydrogens is 244 g/mol. The number of carboxylic acid groups (broad SMARTS) is 1. The monoisotopic (exact) mass is 268 g/mol. The van der Waals surface area contributed by atoms with Crippen molar-refractivity contribution in [2.75, 3.05) is 19.6 Å². The van der Waals surface area contributed by atoms with E-state index in [0.717, 1.165) is 51.7 Å². The van der Waals surface area contributed by atoms with Crippen molar-refractivity contribution in [1.29, 1.82) is 0 Å². The fraction of sp³-hybridized carbons (Fsp3) is 0.857. The predicted molar refractivity (Wildman–Crippen MR) is 71.8 cm³/mol. The van der Waals surface area contributed by atoms with E-state index in [1.165, 1.54) is 0 Å². The van der Waals surface area contributed by atoms with E-state index < -0.39 is 5.97 Å². The van der Waals surface area contributed by atoms with Crippen LogP contribution in [0.25, 0.3) is 0 Å². The van der Waals surface area contributed by atoms with Gasteiger partial charge in [-0.15, -0.1) is 0 Å². The first-order valence-corrected chi connectivity index (χ1v) is 7.41. The van der Waals surface area contributed by atoms with E-state index in [9.17, 15) is 9.59 Å². The summed E-state index contributed by atoms with van der Waals surface area (Å²) in [6.07, 6.45) is 6.18. The standard InChI is InChI=1S/C14H24N2O3/c17-13(18)7-6-11-4-3-9-16(10-11)14(19)12-5-1-2-8-15-12/h11-12,15H,1-10H2,(H,17,18)/t11?,12-/m1/s1. The van der Waals surface area contributed by atoms with Crippen molar-refractivity contribution < 1.29 is 14.7 Å². The maximum absolute atomic E-state index is 12.4. The third kappa shape index (κ3) is 4.20. The van der Waals surface area contributed by atoms with Crippen LogP contribution < -0.4 is 5.32 Å². The van der Waals surface area contributed by atoms with Gasteiger partial charge in [-0.05, 0) is 44.6 Å². The summed E-state index contributed by atoms with van der Waals surface area (Å²) in [5.41, 5.74) is 0. The third-order valence-electron chi connectivity index (χ3n) is 4.21. The fourth-order valence-electron chi connectivity index (χ4n) is 3.11. The van der Waals surface area contributed by atoms with Gasteiger partial charge in [-0.1, -0.05) is 6.42 Å². The first-order chi connectivity index (χ1) is 9.16. The normalized spacial score (nSPS) is 28.1. The molecule has 2 heterocycles. The Balaban J connectivity index is 1.82. The van der Waals surface area contributed by atoms with E-state index in [4.69, 9.17) is 5.11 Å². The van der Waals surface area contributed by atoms with Crippen LogP contribution in [0.15, 0.2) is 0 Å². The number of piperidine rings is 2. The van der Waals surface area contributed by atoms with E-state index in [1.807, 2.05) is 4.90 Å². The molecule has 5 heteroatoms. The second-order valence-electron chi connectivity index (χ2n) is 5.73. The Hall–Kier alpha value is -1.10. The molecule has 2 atom stereocenters. The zero-order valence-corrected chi connectivity index (χ0v) is 11.4. The number of nitrogens with one attached hydrogen (secondary N) is 1. The maximum Gasteiger partial charge on any atom is 0.303 e. The molecule has 2 saturated heterocycles. The molecule has 0 aromatic carbocycles. The van der Waals surface area contributed by atoms with Gasteiger partial charge in [0.1, 0.15) is 0 Å². The number of hydrogen-bond donors (Lipinski definition) is 2. The van der Waals surface area contributed by atoms with Crippen LogP contribution in [0.1, 0.15) is 44.9 Å². The minimum Gasteiger partial charge on any atom is -0.481 e. The zero-order valence-electron chi connectivity index (χ0n) is 11.4. The van der Waals surface area contributed by atoms with Gasteiger partial charge >= 0.3 is 5.97 Å². The lowest BCUT2D eigenvalue weighted by molar-refractivity contribution is -0.137. The summed E-state index contributed by atoms with van der Waals surface area (Å²) in [6, 6.07) is -0.00743. The van der Waals surface area contributed by atoms with Crippen molar-refractivity contribution >= 4 is 11.9 Å². The Labute approximate surface area is 114 Å². The molecule has 2 N–H and O–H groups in total. The van der Waals surface area contributed by atoms with Gasteiger partial charge in [-0.3, -0.25) is 9.59 Å². The average molecular weight is 268 g/mol. The highest BCUT2D eigenvalue weighted by Crippen LogP contribution is 2.22. The lowest BCUT2D eigenvalue weighted by Crippen LogP contribution is -2.51. The van der Waals surface area contributed by atoms with Crippen molar-refractivity contribution in [1.82, 2.24) is 10.2 Å². The second kappa shape index (κ2) is 6.89. The highest BCUT2D eigenvalue weighted by Gasteiger charge is 2.29. The van der Waals surface area contributed by atoms with Crippen LogP contribution in [0.2, 0.25) is 0 Å². The van der Waals surface area contributed by atoms with Crippen LogP contribution in [0, 0.1) is 5.92 Å². The lowest BCUT2D eigenvalue weighted by atomic mass is 9.92. The smallest absolute Gasteiger partial charge is 0.303 e. The van der Waals surface area contributed by atoms with Crippen molar-refractivity contribution in [3.63, 3.8) is 0 Å². The Morgan fingerprint density at radius 3 is 2.74 bits per heavy atom. The molecule has 2 fully saturated rings. The van der Waals surface area contributed by atoms with E-state index in [0.29, 0.717) is 12.3 Å². The molecule has 108 valence electrons. The summed E-state index contributed by atoms with van der Waals surface area (Å²) < 4.78 is 0. The number of likely N-dealkylation sites (tertiary alicyclic amines) is 1. The highest BCUT2D eigenvalue weighted by atomic mass is 16.4. The molecule has 0 spiro atoms. The van der Waals surface area contributed by atoms with Crippen LogP contribution in [-0.2, 0) is 9.59 Å². The summed E-state index contributed by atoms with van der Waals surface area (Å²) in [6.45, 7) is 2.51. The number of carboxylic acids is 1. The molecular formula is C14H24N2O3. The molecule has 0 aliphatic carbocycles. The van der Waals surface area contributed by atoms with Crippen LogP contribution in [-0.4, -0.2) is 47.6 Å². The average Bonchev–Trinajstić information content (AvgIpc) is 2.45. The topological polar surface area (TPSA) is 69.6 Å². The van der Waals surface area contributed by atoms with E-state index >= 15 is 0 Å². The number of amides is 1. The zero-order chi connectivity index (χ0) is 13.7. The van der Waals surface area contributed by atoms with Gasteiger partial charge in [0, 0.05) is 19.5 Å². The molecule has 1 unspecified atom stereocenters. The van der Waals surface area contributed by atoms with Crippen molar-refractivity contribution in [3.05, 3.63) is 0 Å². The van der Waals surface area contributed by atoms with Crippen LogP contribution in [0.4, 0.5) is 0 Å². The number of carbonyl (C=O) groups excluding carboxylic acids is 1. The number of aliphatic carboxylic acids is 1. The number of nitrogens with zero attached hydrogens (tertiary/aromatic N) is 1. The number of rotatable bonds is 4. The van der Waals surface area contributed by atoms with E-state index in [2.05, 4.69) is 5.32 Å². The number of hydrogen-bond acceptors (Lipinski definition) is 3. The summed E-state index contributed by atoms with van der Waals surface area (Å²) >= 11 is 0. The SMILES string of the molecule is O=C(O)CCC1CCCN(C(=O)[C@H]2CCCCN2)C1. The van der Waals surface area contributed by atoms with Crippen molar-refractivity contribution in [2.24, 2.45) is 5.92 Å². The molecule has 19 heavy (non-hydrogen) atoms. The molecule has 5 nitrogen and oxygen atoms in total. The van der Waals surface area contributed by atoms with Crippen LogP contribution in [0.3, 0.4) is 0 Å². The molecule has 2 aliphatic heterocycles. The Morgan fingerprint density at radius 2 is 2.05 bits per heavy atom. The Kier molecular flexibility index (Phi) is 5.19. The molecule has 1 amide bonds. The first-order valence-electron chi connectivity index (χ1n) is 7.41. The summed E-state index contributed by atoms with van der Waals surface area (Å²) in [4.78, 5) is 24.9. The van der Waals surface area contributed by atoms with Crippen molar-refractivity contribution in [3.8, 4) is 0 Å². The van der Waals surface area contributed by atoms with Crippen LogP contribution >= 0.6 is 0 Å². The minimum absolute atomic E-state index is 0.00743. The molecule has 0 aromatic rings. The first kappa shape index (κ1) is 14.3. The minimum atomic E-state index is -0.739. The third-order valence-corrected chi connectivity index (χ3v) is 4.21. The summed E-state index contributed by atoms with van der Waals surface area (Å²) in [5.74, 6) is -0.158. The highest BCUT2D eigenvalue weighted by molar-refractivity contribution is 5.82. The molecule has 0 radical (unpaired) electrons.